The lowest BCUT2D eigenvalue weighted by Gasteiger charge is -2.11. The third-order valence-corrected chi connectivity index (χ3v) is 5.80. The summed E-state index contributed by atoms with van der Waals surface area (Å²) in [5, 5.41) is 5.82. The predicted molar refractivity (Wildman–Crippen MR) is 121 cm³/mol. The first-order valence-electron chi connectivity index (χ1n) is 9.26. The Balaban J connectivity index is 1.70. The average Bonchev–Trinajstić information content (AvgIpc) is 2.71. The van der Waals surface area contributed by atoms with Gasteiger partial charge in [0.2, 0.25) is 5.91 Å². The van der Waals surface area contributed by atoms with Crippen LogP contribution in [0.25, 0.3) is 0 Å². The molecule has 0 heterocycles. The quantitative estimate of drug-likeness (QED) is 0.498. The molecule has 0 aliphatic carbocycles. The molecule has 0 aromatic heterocycles. The molecule has 3 aromatic rings. The lowest BCUT2D eigenvalue weighted by Crippen LogP contribution is -2.23. The molecular weight excluding hydrogens is 438 g/mol. The lowest BCUT2D eigenvalue weighted by molar-refractivity contribution is -0.114. The minimum Gasteiger partial charge on any atom is -0.348 e. The van der Waals surface area contributed by atoms with Gasteiger partial charge < -0.3 is 10.6 Å². The highest BCUT2D eigenvalue weighted by atomic mass is 35.5. The van der Waals surface area contributed by atoms with E-state index in [4.69, 9.17) is 11.6 Å². The maximum Gasteiger partial charge on any atom is 0.261 e. The fourth-order valence-corrected chi connectivity index (χ4v) is 4.10. The maximum atomic E-state index is 12.7. The normalized spacial score (nSPS) is 10.9. The Kier molecular flexibility index (Phi) is 6.94. The molecule has 3 aromatic carbocycles. The van der Waals surface area contributed by atoms with Gasteiger partial charge in [-0.05, 0) is 54.1 Å². The van der Waals surface area contributed by atoms with Crippen molar-refractivity contribution < 1.29 is 18.0 Å². The summed E-state index contributed by atoms with van der Waals surface area (Å²) in [4.78, 5) is 23.7. The van der Waals surface area contributed by atoms with Crippen LogP contribution in [0, 0.1) is 0 Å². The van der Waals surface area contributed by atoms with Crippen molar-refractivity contribution in [3.8, 4) is 0 Å². The molecule has 7 nitrogen and oxygen atoms in total. The van der Waals surface area contributed by atoms with Crippen molar-refractivity contribution in [3.63, 3.8) is 0 Å². The SMILES string of the molecule is CC(=O)Nc1cccc(CNC(=O)c2cccc(S(=O)(=O)Nc3cccc(Cl)c3)c2)c1. The van der Waals surface area contributed by atoms with Crippen LogP contribution < -0.4 is 15.4 Å². The number of carbonyl (C=O) groups is 2. The zero-order chi connectivity index (χ0) is 22.4. The van der Waals surface area contributed by atoms with Crippen LogP contribution in [0.4, 0.5) is 11.4 Å². The van der Waals surface area contributed by atoms with E-state index < -0.39 is 15.9 Å². The summed E-state index contributed by atoms with van der Waals surface area (Å²) in [5.74, 6) is -0.615. The van der Waals surface area contributed by atoms with Gasteiger partial charge in [-0.25, -0.2) is 8.42 Å². The molecule has 3 rings (SSSR count). The summed E-state index contributed by atoms with van der Waals surface area (Å²) < 4.78 is 27.8. The van der Waals surface area contributed by atoms with Crippen LogP contribution in [-0.4, -0.2) is 20.2 Å². The molecule has 0 unspecified atom stereocenters. The van der Waals surface area contributed by atoms with Crippen molar-refractivity contribution >= 4 is 44.8 Å². The topological polar surface area (TPSA) is 104 Å². The van der Waals surface area contributed by atoms with Gasteiger partial charge in [-0.15, -0.1) is 0 Å². The number of benzene rings is 3. The standard InChI is InChI=1S/C22H20ClN3O4S/c1-15(27)25-19-8-2-5-16(11-19)14-24-22(28)17-6-3-10-21(12-17)31(29,30)26-20-9-4-7-18(23)13-20/h2-13,26H,14H2,1H3,(H,24,28)(H,25,27). The van der Waals surface area contributed by atoms with Crippen LogP contribution in [0.5, 0.6) is 0 Å². The highest BCUT2D eigenvalue weighted by Crippen LogP contribution is 2.20. The Bertz CT molecular complexity index is 1230. The first-order valence-corrected chi connectivity index (χ1v) is 11.1. The molecule has 31 heavy (non-hydrogen) atoms. The number of anilines is 2. The molecule has 0 fully saturated rings. The van der Waals surface area contributed by atoms with E-state index in [0.717, 1.165) is 5.56 Å². The van der Waals surface area contributed by atoms with Gasteiger partial charge in [0.15, 0.2) is 0 Å². The fraction of sp³-hybridized carbons (Fsp3) is 0.0909. The van der Waals surface area contributed by atoms with Crippen molar-refractivity contribution in [1.29, 1.82) is 0 Å². The Labute approximate surface area is 185 Å². The second-order valence-corrected chi connectivity index (χ2v) is 8.83. The van der Waals surface area contributed by atoms with E-state index in [9.17, 15) is 18.0 Å². The lowest BCUT2D eigenvalue weighted by atomic mass is 10.1. The van der Waals surface area contributed by atoms with Crippen LogP contribution in [0.2, 0.25) is 5.02 Å². The number of hydrogen-bond acceptors (Lipinski definition) is 4. The molecule has 0 radical (unpaired) electrons. The number of amides is 2. The van der Waals surface area contributed by atoms with Crippen molar-refractivity contribution in [2.45, 2.75) is 18.4 Å². The average molecular weight is 458 g/mol. The third-order valence-electron chi connectivity index (χ3n) is 4.18. The molecule has 0 saturated heterocycles. The van der Waals surface area contributed by atoms with Gasteiger partial charge in [0.1, 0.15) is 0 Å². The summed E-state index contributed by atoms with van der Waals surface area (Å²) in [6.45, 7) is 1.63. The molecule has 3 N–H and O–H groups in total. The van der Waals surface area contributed by atoms with Gasteiger partial charge in [0, 0.05) is 29.7 Å². The van der Waals surface area contributed by atoms with Crippen molar-refractivity contribution in [2.75, 3.05) is 10.0 Å². The Morgan fingerprint density at radius 1 is 0.903 bits per heavy atom. The largest absolute Gasteiger partial charge is 0.348 e. The van der Waals surface area contributed by atoms with Crippen LogP contribution >= 0.6 is 11.6 Å². The minimum atomic E-state index is -3.90. The third kappa shape index (κ3) is 6.31. The maximum absolute atomic E-state index is 12.7. The Morgan fingerprint density at radius 2 is 1.61 bits per heavy atom. The monoisotopic (exact) mass is 457 g/mol. The van der Waals surface area contributed by atoms with E-state index in [1.54, 1.807) is 42.5 Å². The van der Waals surface area contributed by atoms with Crippen molar-refractivity contribution in [1.82, 2.24) is 5.32 Å². The van der Waals surface area contributed by atoms with Crippen LogP contribution in [0.1, 0.15) is 22.8 Å². The fourth-order valence-electron chi connectivity index (χ4n) is 2.82. The summed E-state index contributed by atoms with van der Waals surface area (Å²) in [5.41, 5.74) is 1.93. The van der Waals surface area contributed by atoms with E-state index >= 15 is 0 Å². The summed E-state index contributed by atoms with van der Waals surface area (Å²) in [6.07, 6.45) is 0. The van der Waals surface area contributed by atoms with E-state index in [2.05, 4.69) is 15.4 Å². The van der Waals surface area contributed by atoms with Gasteiger partial charge in [-0.1, -0.05) is 35.9 Å². The van der Waals surface area contributed by atoms with Gasteiger partial charge in [-0.2, -0.15) is 0 Å². The molecule has 0 aliphatic rings. The van der Waals surface area contributed by atoms with Crippen LogP contribution in [-0.2, 0) is 21.4 Å². The number of rotatable bonds is 7. The number of halogens is 1. The van der Waals surface area contributed by atoms with E-state index in [1.807, 2.05) is 0 Å². The highest BCUT2D eigenvalue weighted by molar-refractivity contribution is 7.92. The number of carbonyl (C=O) groups excluding carboxylic acids is 2. The summed E-state index contributed by atoms with van der Waals surface area (Å²) in [6, 6.07) is 19.1. The molecule has 0 bridgehead atoms. The molecule has 0 saturated carbocycles. The zero-order valence-electron chi connectivity index (χ0n) is 16.6. The Hall–Kier alpha value is -3.36. The van der Waals surface area contributed by atoms with E-state index in [-0.39, 0.29) is 22.9 Å². The van der Waals surface area contributed by atoms with E-state index in [0.29, 0.717) is 16.4 Å². The molecular formula is C22H20ClN3O4S. The molecule has 9 heteroatoms. The van der Waals surface area contributed by atoms with Gasteiger partial charge in [0.25, 0.3) is 15.9 Å². The zero-order valence-corrected chi connectivity index (χ0v) is 18.1. The number of nitrogens with one attached hydrogen (secondary N) is 3. The van der Waals surface area contributed by atoms with Crippen molar-refractivity contribution in [2.24, 2.45) is 0 Å². The van der Waals surface area contributed by atoms with Crippen molar-refractivity contribution in [3.05, 3.63) is 88.9 Å². The van der Waals surface area contributed by atoms with Gasteiger partial charge >= 0.3 is 0 Å². The number of hydrogen-bond donors (Lipinski definition) is 3. The molecule has 0 spiro atoms. The Morgan fingerprint density at radius 3 is 2.35 bits per heavy atom. The summed E-state index contributed by atoms with van der Waals surface area (Å²) in [7, 11) is -3.90. The highest BCUT2D eigenvalue weighted by Gasteiger charge is 2.17. The minimum absolute atomic E-state index is 0.0484. The first kappa shape index (κ1) is 22.3. The van der Waals surface area contributed by atoms with Gasteiger partial charge in [0.05, 0.1) is 10.6 Å². The molecule has 2 amide bonds. The smallest absolute Gasteiger partial charge is 0.261 e. The van der Waals surface area contributed by atoms with E-state index in [1.165, 1.54) is 37.3 Å². The second kappa shape index (κ2) is 9.63. The van der Waals surface area contributed by atoms with Crippen LogP contribution in [0.3, 0.4) is 0 Å². The van der Waals surface area contributed by atoms with Crippen LogP contribution in [0.15, 0.2) is 77.7 Å². The predicted octanol–water partition coefficient (Wildman–Crippen LogP) is 4.03. The molecule has 160 valence electrons. The molecule has 0 aliphatic heterocycles. The van der Waals surface area contributed by atoms with Gasteiger partial charge in [-0.3, -0.25) is 14.3 Å². The first-order chi connectivity index (χ1) is 14.7. The molecule has 0 atom stereocenters. The second-order valence-electron chi connectivity index (χ2n) is 6.71. The summed E-state index contributed by atoms with van der Waals surface area (Å²) >= 11 is 5.90. The number of sulfonamides is 1.